The molecule has 0 aromatic heterocycles. The van der Waals surface area contributed by atoms with Crippen molar-refractivity contribution in [2.45, 2.75) is 33.3 Å². The van der Waals surface area contributed by atoms with E-state index in [1.165, 1.54) is 0 Å². The van der Waals surface area contributed by atoms with E-state index >= 15 is 0 Å². The molecule has 0 unspecified atom stereocenters. The Morgan fingerprint density at radius 1 is 1.27 bits per heavy atom. The quantitative estimate of drug-likeness (QED) is 0.823. The Bertz CT molecular complexity index is 363. The fourth-order valence-corrected chi connectivity index (χ4v) is 1.27. The minimum Gasteiger partial charge on any atom is -0.477 e. The van der Waals surface area contributed by atoms with E-state index in [1.807, 2.05) is 32.0 Å². The van der Waals surface area contributed by atoms with E-state index in [2.05, 4.69) is 0 Å². The molecule has 1 aromatic rings. The molecule has 15 heavy (non-hydrogen) atoms. The molecule has 3 nitrogen and oxygen atoms in total. The molecule has 82 valence electrons. The van der Waals surface area contributed by atoms with Gasteiger partial charge in [0.15, 0.2) is 5.60 Å². The summed E-state index contributed by atoms with van der Waals surface area (Å²) in [6.07, 6.45) is 0. The highest BCUT2D eigenvalue weighted by Crippen LogP contribution is 2.26. The zero-order valence-corrected chi connectivity index (χ0v) is 9.63. The third-order valence-electron chi connectivity index (χ3n) is 2.36. The van der Waals surface area contributed by atoms with Gasteiger partial charge in [-0.1, -0.05) is 18.2 Å². The Labute approximate surface area is 90.2 Å². The van der Waals surface area contributed by atoms with Crippen LogP contribution in [-0.2, 0) is 4.79 Å². The van der Waals surface area contributed by atoms with Gasteiger partial charge in [0.25, 0.3) is 5.91 Å². The molecule has 0 aliphatic heterocycles. The van der Waals surface area contributed by atoms with Crippen LogP contribution in [0.2, 0.25) is 0 Å². The summed E-state index contributed by atoms with van der Waals surface area (Å²) in [5.74, 6) is 0.270. The fourth-order valence-electron chi connectivity index (χ4n) is 1.27. The Morgan fingerprint density at radius 3 is 2.13 bits per heavy atom. The van der Waals surface area contributed by atoms with Crippen molar-refractivity contribution >= 4 is 5.91 Å². The van der Waals surface area contributed by atoms with Gasteiger partial charge >= 0.3 is 0 Å². The van der Waals surface area contributed by atoms with Gasteiger partial charge < -0.3 is 10.5 Å². The molecule has 3 heteroatoms. The van der Waals surface area contributed by atoms with Gasteiger partial charge in [-0.2, -0.15) is 0 Å². The first-order chi connectivity index (χ1) is 6.84. The predicted octanol–water partition coefficient (Wildman–Crippen LogP) is 1.95. The lowest BCUT2D eigenvalue weighted by Crippen LogP contribution is -2.43. The molecule has 0 bridgehead atoms. The number of amides is 1. The molecule has 0 aliphatic rings. The molecule has 0 radical (unpaired) electrons. The molecule has 0 atom stereocenters. The molecule has 0 fully saturated rings. The normalized spacial score (nSPS) is 11.2. The molecular weight excluding hydrogens is 190 g/mol. The van der Waals surface area contributed by atoms with E-state index in [1.54, 1.807) is 13.8 Å². The van der Waals surface area contributed by atoms with E-state index in [-0.39, 0.29) is 0 Å². The Morgan fingerprint density at radius 2 is 1.73 bits per heavy atom. The summed E-state index contributed by atoms with van der Waals surface area (Å²) in [5.41, 5.74) is 6.29. The number of benzene rings is 1. The average Bonchev–Trinajstić information content (AvgIpc) is 2.11. The highest BCUT2D eigenvalue weighted by atomic mass is 16.5. The molecule has 1 rings (SSSR count). The van der Waals surface area contributed by atoms with E-state index in [0.29, 0.717) is 0 Å². The molecular formula is C12H17NO2. The molecule has 0 heterocycles. The lowest BCUT2D eigenvalue weighted by atomic mass is 10.1. The second-order valence-electron chi connectivity index (χ2n) is 4.20. The van der Waals surface area contributed by atoms with Gasteiger partial charge in [0.2, 0.25) is 0 Å². The number of rotatable bonds is 3. The van der Waals surface area contributed by atoms with Crippen LogP contribution in [0.25, 0.3) is 0 Å². The predicted molar refractivity (Wildman–Crippen MR) is 59.8 cm³/mol. The number of carbonyl (C=O) groups is 1. The van der Waals surface area contributed by atoms with Crippen molar-refractivity contribution in [1.82, 2.24) is 0 Å². The minimum absolute atomic E-state index is 0.467. The minimum atomic E-state index is -0.975. The third kappa shape index (κ3) is 2.49. The fraction of sp³-hybridized carbons (Fsp3) is 0.417. The number of ether oxygens (including phenoxy) is 1. The number of aryl methyl sites for hydroxylation is 2. The largest absolute Gasteiger partial charge is 0.477 e. The van der Waals surface area contributed by atoms with Gasteiger partial charge in [0.05, 0.1) is 0 Å². The maximum Gasteiger partial charge on any atom is 0.261 e. The van der Waals surface area contributed by atoms with Crippen molar-refractivity contribution < 1.29 is 9.53 Å². The number of hydrogen-bond acceptors (Lipinski definition) is 2. The standard InChI is InChI=1S/C12H17NO2/c1-8-6-5-7-9(2)10(8)15-12(3,4)11(13)14/h5-7H,1-4H3,(H2,13,14). The van der Waals surface area contributed by atoms with Crippen LogP contribution in [0, 0.1) is 13.8 Å². The van der Waals surface area contributed by atoms with Crippen LogP contribution in [0.4, 0.5) is 0 Å². The average molecular weight is 207 g/mol. The van der Waals surface area contributed by atoms with Crippen LogP contribution < -0.4 is 10.5 Å². The topological polar surface area (TPSA) is 52.3 Å². The van der Waals surface area contributed by atoms with Crippen molar-refractivity contribution in [1.29, 1.82) is 0 Å². The van der Waals surface area contributed by atoms with Gasteiger partial charge in [-0.15, -0.1) is 0 Å². The maximum atomic E-state index is 11.1. The lowest BCUT2D eigenvalue weighted by molar-refractivity contribution is -0.130. The van der Waals surface area contributed by atoms with Crippen LogP contribution in [0.3, 0.4) is 0 Å². The van der Waals surface area contributed by atoms with Crippen LogP contribution in [0.5, 0.6) is 5.75 Å². The first-order valence-electron chi connectivity index (χ1n) is 4.90. The van der Waals surface area contributed by atoms with Gasteiger partial charge in [-0.25, -0.2) is 0 Å². The third-order valence-corrected chi connectivity index (χ3v) is 2.36. The van der Waals surface area contributed by atoms with Crippen molar-refractivity contribution in [3.05, 3.63) is 29.3 Å². The Hall–Kier alpha value is -1.51. The zero-order valence-electron chi connectivity index (χ0n) is 9.63. The number of nitrogens with two attached hydrogens (primary N) is 1. The molecule has 0 saturated heterocycles. The van der Waals surface area contributed by atoms with Crippen LogP contribution in [0.1, 0.15) is 25.0 Å². The van der Waals surface area contributed by atoms with Gasteiger partial charge in [0.1, 0.15) is 5.75 Å². The van der Waals surface area contributed by atoms with Gasteiger partial charge in [0, 0.05) is 0 Å². The SMILES string of the molecule is Cc1cccc(C)c1OC(C)(C)C(N)=O. The van der Waals surface area contributed by atoms with E-state index < -0.39 is 11.5 Å². The van der Waals surface area contributed by atoms with Crippen LogP contribution in [0.15, 0.2) is 18.2 Å². The summed E-state index contributed by atoms with van der Waals surface area (Å²) < 4.78 is 5.65. The van der Waals surface area contributed by atoms with E-state index in [4.69, 9.17) is 10.5 Å². The number of hydrogen-bond donors (Lipinski definition) is 1. The number of para-hydroxylation sites is 1. The smallest absolute Gasteiger partial charge is 0.261 e. The first-order valence-corrected chi connectivity index (χ1v) is 4.90. The van der Waals surface area contributed by atoms with Gasteiger partial charge in [-0.05, 0) is 38.8 Å². The number of primary amides is 1. The molecule has 0 spiro atoms. The molecule has 1 amide bonds. The maximum absolute atomic E-state index is 11.1. The second kappa shape index (κ2) is 3.93. The van der Waals surface area contributed by atoms with Gasteiger partial charge in [-0.3, -0.25) is 4.79 Å². The van der Waals surface area contributed by atoms with E-state index in [9.17, 15) is 4.79 Å². The second-order valence-corrected chi connectivity index (χ2v) is 4.20. The summed E-state index contributed by atoms with van der Waals surface area (Å²) in [5, 5.41) is 0. The molecule has 0 saturated carbocycles. The molecule has 2 N–H and O–H groups in total. The Kier molecular flexibility index (Phi) is 3.03. The van der Waals surface area contributed by atoms with Crippen molar-refractivity contribution in [3.8, 4) is 5.75 Å². The van der Waals surface area contributed by atoms with Crippen molar-refractivity contribution in [3.63, 3.8) is 0 Å². The summed E-state index contributed by atoms with van der Waals surface area (Å²) in [4.78, 5) is 11.1. The molecule has 0 aliphatic carbocycles. The zero-order chi connectivity index (χ0) is 11.6. The van der Waals surface area contributed by atoms with Crippen molar-refractivity contribution in [2.75, 3.05) is 0 Å². The monoisotopic (exact) mass is 207 g/mol. The summed E-state index contributed by atoms with van der Waals surface area (Å²) >= 11 is 0. The first kappa shape index (κ1) is 11.6. The summed E-state index contributed by atoms with van der Waals surface area (Å²) in [7, 11) is 0. The Balaban J connectivity index is 3.04. The summed E-state index contributed by atoms with van der Waals surface area (Å²) in [6, 6.07) is 5.84. The molecule has 1 aromatic carbocycles. The number of carbonyl (C=O) groups excluding carboxylic acids is 1. The van der Waals surface area contributed by atoms with Crippen LogP contribution in [-0.4, -0.2) is 11.5 Å². The highest BCUT2D eigenvalue weighted by Gasteiger charge is 2.28. The van der Waals surface area contributed by atoms with Crippen molar-refractivity contribution in [2.24, 2.45) is 5.73 Å². The van der Waals surface area contributed by atoms with E-state index in [0.717, 1.165) is 16.9 Å². The van der Waals surface area contributed by atoms with Crippen LogP contribution >= 0.6 is 0 Å². The highest BCUT2D eigenvalue weighted by molar-refractivity contribution is 5.83. The lowest BCUT2D eigenvalue weighted by Gasteiger charge is -2.25. The summed E-state index contributed by atoms with van der Waals surface area (Å²) in [6.45, 7) is 7.22.